The van der Waals surface area contributed by atoms with Crippen LogP contribution in [0, 0.1) is 0 Å². The number of nitrogens with zero attached hydrogens (tertiary/aromatic N) is 1. The van der Waals surface area contributed by atoms with Gasteiger partial charge in [-0.15, -0.1) is 11.3 Å². The maximum absolute atomic E-state index is 11.9. The summed E-state index contributed by atoms with van der Waals surface area (Å²) in [6, 6.07) is 3.45. The molecule has 0 aliphatic rings. The third-order valence-electron chi connectivity index (χ3n) is 2.98. The van der Waals surface area contributed by atoms with Gasteiger partial charge in [0, 0.05) is 25.4 Å². The highest BCUT2D eigenvalue weighted by Gasteiger charge is 2.14. The lowest BCUT2D eigenvalue weighted by Gasteiger charge is -2.14. The van der Waals surface area contributed by atoms with Gasteiger partial charge in [0.1, 0.15) is 5.82 Å². The molecule has 0 radical (unpaired) electrons. The smallest absolute Gasteiger partial charge is 0.261 e. The minimum atomic E-state index is -0.143. The largest absolute Gasteiger partial charge is 0.351 e. The molecule has 112 valence electrons. The molecule has 2 rings (SSSR count). The van der Waals surface area contributed by atoms with Crippen LogP contribution in [0.2, 0.25) is 0 Å². The molecule has 2 heterocycles. The number of hydrogen-bond acceptors (Lipinski definition) is 4. The molecule has 21 heavy (non-hydrogen) atoms. The summed E-state index contributed by atoms with van der Waals surface area (Å²) < 4.78 is 0. The van der Waals surface area contributed by atoms with Gasteiger partial charge in [0.15, 0.2) is 0 Å². The monoisotopic (exact) mass is 306 g/mol. The Morgan fingerprint density at radius 1 is 1.48 bits per heavy atom. The molecule has 0 aliphatic heterocycles. The number of aromatic nitrogens is 2. The van der Waals surface area contributed by atoms with Gasteiger partial charge in [0.2, 0.25) is 5.91 Å². The molecule has 2 amide bonds. The van der Waals surface area contributed by atoms with E-state index in [9.17, 15) is 9.59 Å². The second-order valence-electron chi connectivity index (χ2n) is 4.49. The van der Waals surface area contributed by atoms with Crippen LogP contribution in [0.25, 0.3) is 0 Å². The molecule has 3 N–H and O–H groups in total. The van der Waals surface area contributed by atoms with E-state index >= 15 is 0 Å². The topological polar surface area (TPSA) is 86.9 Å². The summed E-state index contributed by atoms with van der Waals surface area (Å²) in [6.45, 7) is 2.29. The zero-order valence-electron chi connectivity index (χ0n) is 11.8. The van der Waals surface area contributed by atoms with Crippen LogP contribution >= 0.6 is 11.3 Å². The van der Waals surface area contributed by atoms with E-state index in [-0.39, 0.29) is 24.3 Å². The van der Waals surface area contributed by atoms with E-state index in [2.05, 4.69) is 20.6 Å². The first-order valence-electron chi connectivity index (χ1n) is 6.81. The van der Waals surface area contributed by atoms with E-state index in [1.807, 2.05) is 18.4 Å². The minimum absolute atomic E-state index is 0.107. The fourth-order valence-electron chi connectivity index (χ4n) is 1.88. The number of nitrogens with one attached hydrogen (secondary N) is 3. The fraction of sp³-hybridized carbons (Fsp3) is 0.357. The third-order valence-corrected chi connectivity index (χ3v) is 3.84. The molecule has 0 spiro atoms. The average molecular weight is 306 g/mol. The number of carbonyl (C=O) groups is 2. The number of carbonyl (C=O) groups excluding carboxylic acids is 2. The molecular formula is C14H18N4O2S. The van der Waals surface area contributed by atoms with Crippen LogP contribution in [-0.4, -0.2) is 28.3 Å². The zero-order valence-corrected chi connectivity index (χ0v) is 12.6. The second-order valence-corrected chi connectivity index (χ2v) is 5.43. The summed E-state index contributed by atoms with van der Waals surface area (Å²) >= 11 is 1.38. The maximum atomic E-state index is 11.9. The molecule has 0 fully saturated rings. The van der Waals surface area contributed by atoms with Gasteiger partial charge in [-0.25, -0.2) is 4.98 Å². The van der Waals surface area contributed by atoms with Gasteiger partial charge < -0.3 is 15.6 Å². The van der Waals surface area contributed by atoms with Crippen molar-refractivity contribution in [1.29, 1.82) is 0 Å². The van der Waals surface area contributed by atoms with E-state index in [1.54, 1.807) is 18.5 Å². The number of rotatable bonds is 7. The quantitative estimate of drug-likeness (QED) is 0.729. The molecule has 2 aromatic heterocycles. The SMILES string of the molecule is CCC(NC(=O)CCNC(=O)c1cccs1)c1ncc[nH]1. The van der Waals surface area contributed by atoms with Crippen molar-refractivity contribution in [3.63, 3.8) is 0 Å². The molecule has 0 saturated carbocycles. The Morgan fingerprint density at radius 2 is 2.33 bits per heavy atom. The Hall–Kier alpha value is -2.15. The molecule has 7 heteroatoms. The lowest BCUT2D eigenvalue weighted by atomic mass is 10.2. The van der Waals surface area contributed by atoms with E-state index in [1.165, 1.54) is 11.3 Å². The van der Waals surface area contributed by atoms with Crippen LogP contribution in [0.3, 0.4) is 0 Å². The van der Waals surface area contributed by atoms with Gasteiger partial charge in [-0.05, 0) is 17.9 Å². The Labute approximate surface area is 127 Å². The predicted molar refractivity (Wildman–Crippen MR) is 81.0 cm³/mol. The van der Waals surface area contributed by atoms with Crippen LogP contribution < -0.4 is 10.6 Å². The molecule has 0 saturated heterocycles. The Balaban J connectivity index is 1.73. The number of thiophene rings is 1. The fourth-order valence-corrected chi connectivity index (χ4v) is 2.52. The minimum Gasteiger partial charge on any atom is -0.351 e. The first kappa shape index (κ1) is 15.2. The van der Waals surface area contributed by atoms with Crippen molar-refractivity contribution >= 4 is 23.2 Å². The first-order chi connectivity index (χ1) is 10.2. The average Bonchev–Trinajstić information content (AvgIpc) is 3.17. The second kappa shape index (κ2) is 7.58. The van der Waals surface area contributed by atoms with Crippen molar-refractivity contribution in [1.82, 2.24) is 20.6 Å². The molecule has 6 nitrogen and oxygen atoms in total. The number of amides is 2. The highest BCUT2D eigenvalue weighted by Crippen LogP contribution is 2.11. The van der Waals surface area contributed by atoms with Gasteiger partial charge in [0.25, 0.3) is 5.91 Å². The molecule has 0 aliphatic carbocycles. The lowest BCUT2D eigenvalue weighted by Crippen LogP contribution is -2.33. The highest BCUT2D eigenvalue weighted by atomic mass is 32.1. The first-order valence-corrected chi connectivity index (χ1v) is 7.69. The Kier molecular flexibility index (Phi) is 5.51. The van der Waals surface area contributed by atoms with Crippen LogP contribution in [-0.2, 0) is 4.79 Å². The van der Waals surface area contributed by atoms with Crippen LogP contribution in [0.1, 0.15) is 41.3 Å². The van der Waals surface area contributed by atoms with Crippen molar-refractivity contribution in [3.8, 4) is 0 Å². The number of hydrogen-bond donors (Lipinski definition) is 3. The molecule has 1 atom stereocenters. The van der Waals surface area contributed by atoms with E-state index in [0.29, 0.717) is 11.4 Å². The molecular weight excluding hydrogens is 288 g/mol. The van der Waals surface area contributed by atoms with E-state index in [0.717, 1.165) is 12.2 Å². The van der Waals surface area contributed by atoms with Crippen molar-refractivity contribution in [2.45, 2.75) is 25.8 Å². The predicted octanol–water partition coefficient (Wildman–Crippen LogP) is 1.86. The highest BCUT2D eigenvalue weighted by molar-refractivity contribution is 7.12. The number of imidazole rings is 1. The van der Waals surface area contributed by atoms with Crippen molar-refractivity contribution in [3.05, 3.63) is 40.6 Å². The van der Waals surface area contributed by atoms with Crippen molar-refractivity contribution in [2.75, 3.05) is 6.54 Å². The van der Waals surface area contributed by atoms with Gasteiger partial charge >= 0.3 is 0 Å². The molecule has 2 aromatic rings. The van der Waals surface area contributed by atoms with Crippen LogP contribution in [0.15, 0.2) is 29.9 Å². The lowest BCUT2D eigenvalue weighted by molar-refractivity contribution is -0.121. The summed E-state index contributed by atoms with van der Waals surface area (Å²) in [5.74, 6) is 0.495. The Morgan fingerprint density at radius 3 is 2.95 bits per heavy atom. The normalized spacial score (nSPS) is 11.9. The van der Waals surface area contributed by atoms with Crippen LogP contribution in [0.4, 0.5) is 0 Å². The standard InChI is InChI=1S/C14H18N4O2S/c1-2-10(13-15-7-8-16-13)18-12(19)5-6-17-14(20)11-4-3-9-21-11/h3-4,7-10H,2,5-6H2,1H3,(H,15,16)(H,17,20)(H,18,19). The van der Waals surface area contributed by atoms with Crippen LogP contribution in [0.5, 0.6) is 0 Å². The Bertz CT molecular complexity index is 566. The van der Waals surface area contributed by atoms with Gasteiger partial charge in [-0.3, -0.25) is 9.59 Å². The summed E-state index contributed by atoms with van der Waals surface area (Å²) in [7, 11) is 0. The van der Waals surface area contributed by atoms with Crippen molar-refractivity contribution in [2.24, 2.45) is 0 Å². The summed E-state index contributed by atoms with van der Waals surface area (Å²) in [5, 5.41) is 7.47. The summed E-state index contributed by atoms with van der Waals surface area (Å²) in [6.07, 6.45) is 4.38. The van der Waals surface area contributed by atoms with Gasteiger partial charge in [-0.2, -0.15) is 0 Å². The third kappa shape index (κ3) is 4.42. The maximum Gasteiger partial charge on any atom is 0.261 e. The number of aromatic amines is 1. The summed E-state index contributed by atoms with van der Waals surface area (Å²) in [5.41, 5.74) is 0. The number of H-pyrrole nitrogens is 1. The molecule has 0 aromatic carbocycles. The molecule has 0 bridgehead atoms. The molecule has 1 unspecified atom stereocenters. The van der Waals surface area contributed by atoms with E-state index < -0.39 is 0 Å². The zero-order chi connectivity index (χ0) is 15.1. The van der Waals surface area contributed by atoms with Gasteiger partial charge in [-0.1, -0.05) is 13.0 Å². The summed E-state index contributed by atoms with van der Waals surface area (Å²) in [4.78, 5) is 31.4. The van der Waals surface area contributed by atoms with Crippen molar-refractivity contribution < 1.29 is 9.59 Å². The van der Waals surface area contributed by atoms with E-state index in [4.69, 9.17) is 0 Å². The van der Waals surface area contributed by atoms with Gasteiger partial charge in [0.05, 0.1) is 10.9 Å².